The number of hydrazone groups is 1. The first-order chi connectivity index (χ1) is 11.2. The number of amides is 1. The maximum atomic E-state index is 13.8. The van der Waals surface area contributed by atoms with Crippen LogP contribution in [0.1, 0.15) is 25.8 Å². The highest BCUT2D eigenvalue weighted by atomic mass is 19.1. The summed E-state index contributed by atoms with van der Waals surface area (Å²) >= 11 is 0. The Kier molecular flexibility index (Phi) is 5.86. The standard InChI is InChI=1S/C18H19FN2O2/c1-3-17(20-21-18(22)23-4-2)14-11-9-13(10-12-14)15-7-5-6-8-16(15)19/h5-12H,3-4H2,1-2H3,(H,21,22)/b20-17+. The number of hydrogen-bond acceptors (Lipinski definition) is 3. The SMILES string of the molecule is CCOC(=O)N/N=C(\CC)c1ccc(-c2ccccc2F)cc1. The predicted octanol–water partition coefficient (Wildman–Crippen LogP) is 4.35. The molecule has 23 heavy (non-hydrogen) atoms. The monoisotopic (exact) mass is 314 g/mol. The molecule has 0 bridgehead atoms. The molecule has 0 saturated heterocycles. The van der Waals surface area contributed by atoms with Crippen LogP contribution in [0.4, 0.5) is 9.18 Å². The molecule has 2 aromatic rings. The quantitative estimate of drug-likeness (QED) is 0.659. The zero-order valence-corrected chi connectivity index (χ0v) is 13.2. The van der Waals surface area contributed by atoms with Gasteiger partial charge in [-0.15, -0.1) is 0 Å². The molecule has 120 valence electrons. The Labute approximate surface area is 135 Å². The molecular weight excluding hydrogens is 295 g/mol. The number of nitrogens with zero attached hydrogens (tertiary/aromatic N) is 1. The van der Waals surface area contributed by atoms with E-state index in [2.05, 4.69) is 10.5 Å². The van der Waals surface area contributed by atoms with Crippen molar-refractivity contribution in [2.45, 2.75) is 20.3 Å². The molecular formula is C18H19FN2O2. The third kappa shape index (κ3) is 4.39. The Morgan fingerprint density at radius 2 is 1.83 bits per heavy atom. The van der Waals surface area contributed by atoms with E-state index in [9.17, 15) is 9.18 Å². The first-order valence-electron chi connectivity index (χ1n) is 7.50. The van der Waals surface area contributed by atoms with Crippen LogP contribution in [0.15, 0.2) is 53.6 Å². The van der Waals surface area contributed by atoms with Gasteiger partial charge in [-0.2, -0.15) is 5.10 Å². The second kappa shape index (κ2) is 8.08. The maximum absolute atomic E-state index is 13.8. The van der Waals surface area contributed by atoms with E-state index in [1.54, 1.807) is 25.1 Å². The van der Waals surface area contributed by atoms with Gasteiger partial charge in [-0.1, -0.05) is 49.4 Å². The Balaban J connectivity index is 2.19. The summed E-state index contributed by atoms with van der Waals surface area (Å²) in [5.41, 5.74) is 5.29. The fraction of sp³-hybridized carbons (Fsp3) is 0.222. The molecule has 0 aliphatic heterocycles. The van der Waals surface area contributed by atoms with Gasteiger partial charge < -0.3 is 4.74 Å². The zero-order valence-electron chi connectivity index (χ0n) is 13.2. The molecule has 5 heteroatoms. The summed E-state index contributed by atoms with van der Waals surface area (Å²) in [6.07, 6.45) is 0.0623. The van der Waals surface area contributed by atoms with Gasteiger partial charge in [0.2, 0.25) is 0 Å². The summed E-state index contributed by atoms with van der Waals surface area (Å²) in [7, 11) is 0. The zero-order chi connectivity index (χ0) is 16.7. The van der Waals surface area contributed by atoms with Crippen molar-refractivity contribution in [3.63, 3.8) is 0 Å². The fourth-order valence-electron chi connectivity index (χ4n) is 2.16. The van der Waals surface area contributed by atoms with E-state index in [4.69, 9.17) is 4.74 Å². The van der Waals surface area contributed by atoms with Crippen molar-refractivity contribution < 1.29 is 13.9 Å². The van der Waals surface area contributed by atoms with E-state index in [0.29, 0.717) is 18.6 Å². The minimum atomic E-state index is -0.582. The van der Waals surface area contributed by atoms with Gasteiger partial charge in [-0.05, 0) is 30.5 Å². The minimum Gasteiger partial charge on any atom is -0.449 e. The number of ether oxygens (including phenoxy) is 1. The topological polar surface area (TPSA) is 50.7 Å². The second-order valence-electron chi connectivity index (χ2n) is 4.80. The van der Waals surface area contributed by atoms with Crippen molar-refractivity contribution in [1.82, 2.24) is 5.43 Å². The van der Waals surface area contributed by atoms with Crippen LogP contribution in [0, 0.1) is 5.82 Å². The van der Waals surface area contributed by atoms with Gasteiger partial charge in [-0.25, -0.2) is 14.6 Å². The van der Waals surface area contributed by atoms with Crippen LogP contribution in [-0.4, -0.2) is 18.4 Å². The van der Waals surface area contributed by atoms with Crippen molar-refractivity contribution in [1.29, 1.82) is 0 Å². The fourth-order valence-corrected chi connectivity index (χ4v) is 2.16. The van der Waals surface area contributed by atoms with Gasteiger partial charge in [-0.3, -0.25) is 0 Å². The van der Waals surface area contributed by atoms with Gasteiger partial charge in [0.05, 0.1) is 12.3 Å². The van der Waals surface area contributed by atoms with E-state index < -0.39 is 6.09 Å². The van der Waals surface area contributed by atoms with Gasteiger partial charge in [0, 0.05) is 5.56 Å². The molecule has 0 aromatic heterocycles. The number of nitrogens with one attached hydrogen (secondary N) is 1. The summed E-state index contributed by atoms with van der Waals surface area (Å²) in [5.74, 6) is -0.256. The van der Waals surface area contributed by atoms with E-state index in [-0.39, 0.29) is 5.82 Å². The van der Waals surface area contributed by atoms with Crippen LogP contribution < -0.4 is 5.43 Å². The minimum absolute atomic E-state index is 0.256. The van der Waals surface area contributed by atoms with Gasteiger partial charge in [0.25, 0.3) is 0 Å². The number of carbonyl (C=O) groups excluding carboxylic acids is 1. The molecule has 0 saturated carbocycles. The van der Waals surface area contributed by atoms with Crippen molar-refractivity contribution >= 4 is 11.8 Å². The first kappa shape index (κ1) is 16.7. The van der Waals surface area contributed by atoms with Crippen molar-refractivity contribution in [3.8, 4) is 11.1 Å². The van der Waals surface area contributed by atoms with Crippen LogP contribution in [-0.2, 0) is 4.74 Å². The normalized spacial score (nSPS) is 11.2. The van der Waals surface area contributed by atoms with Crippen molar-refractivity contribution in [2.24, 2.45) is 5.10 Å². The summed E-state index contributed by atoms with van der Waals surface area (Å²) in [4.78, 5) is 11.3. The van der Waals surface area contributed by atoms with Gasteiger partial charge in [0.15, 0.2) is 0 Å². The molecule has 0 unspecified atom stereocenters. The smallest absolute Gasteiger partial charge is 0.427 e. The number of rotatable bonds is 5. The lowest BCUT2D eigenvalue weighted by Gasteiger charge is -2.07. The van der Waals surface area contributed by atoms with E-state index in [0.717, 1.165) is 16.8 Å². The van der Waals surface area contributed by atoms with Crippen LogP contribution in [0.25, 0.3) is 11.1 Å². The van der Waals surface area contributed by atoms with Gasteiger partial charge >= 0.3 is 6.09 Å². The number of hydrogen-bond donors (Lipinski definition) is 1. The highest BCUT2D eigenvalue weighted by Gasteiger charge is 2.07. The first-order valence-corrected chi connectivity index (χ1v) is 7.50. The number of halogens is 1. The average molecular weight is 314 g/mol. The highest BCUT2D eigenvalue weighted by Crippen LogP contribution is 2.23. The molecule has 0 fully saturated rings. The Hall–Kier alpha value is -2.69. The molecule has 0 atom stereocenters. The van der Waals surface area contributed by atoms with E-state index >= 15 is 0 Å². The number of carbonyl (C=O) groups is 1. The lowest BCUT2D eigenvalue weighted by atomic mass is 10.0. The third-order valence-corrected chi connectivity index (χ3v) is 3.30. The summed E-state index contributed by atoms with van der Waals surface area (Å²) < 4.78 is 18.6. The summed E-state index contributed by atoms with van der Waals surface area (Å²) in [6.45, 7) is 3.96. The lowest BCUT2D eigenvalue weighted by Crippen LogP contribution is -2.20. The molecule has 4 nitrogen and oxygen atoms in total. The molecule has 2 rings (SSSR count). The average Bonchev–Trinajstić information content (AvgIpc) is 2.57. The maximum Gasteiger partial charge on any atom is 0.427 e. The molecule has 0 radical (unpaired) electrons. The van der Waals surface area contributed by atoms with Crippen LogP contribution in [0.2, 0.25) is 0 Å². The molecule has 0 aliphatic carbocycles. The van der Waals surface area contributed by atoms with Gasteiger partial charge in [0.1, 0.15) is 5.82 Å². The molecule has 0 aliphatic rings. The predicted molar refractivity (Wildman–Crippen MR) is 88.8 cm³/mol. The van der Waals surface area contributed by atoms with E-state index in [1.807, 2.05) is 31.2 Å². The lowest BCUT2D eigenvalue weighted by molar-refractivity contribution is 0.152. The van der Waals surface area contributed by atoms with Crippen LogP contribution in [0.3, 0.4) is 0 Å². The third-order valence-electron chi connectivity index (χ3n) is 3.30. The molecule has 0 spiro atoms. The molecule has 1 amide bonds. The Bertz CT molecular complexity index is 696. The number of benzene rings is 2. The van der Waals surface area contributed by atoms with Crippen LogP contribution in [0.5, 0.6) is 0 Å². The Morgan fingerprint density at radius 3 is 2.43 bits per heavy atom. The molecule has 1 N–H and O–H groups in total. The molecule has 2 aromatic carbocycles. The summed E-state index contributed by atoms with van der Waals surface area (Å²) in [6, 6.07) is 14.0. The van der Waals surface area contributed by atoms with Crippen molar-refractivity contribution in [2.75, 3.05) is 6.61 Å². The second-order valence-corrected chi connectivity index (χ2v) is 4.80. The Morgan fingerprint density at radius 1 is 1.13 bits per heavy atom. The molecule has 0 heterocycles. The summed E-state index contributed by atoms with van der Waals surface area (Å²) in [5, 5.41) is 4.07. The highest BCUT2D eigenvalue weighted by molar-refractivity contribution is 6.01. The largest absolute Gasteiger partial charge is 0.449 e. The van der Waals surface area contributed by atoms with Crippen LogP contribution >= 0.6 is 0 Å². The van der Waals surface area contributed by atoms with Crippen molar-refractivity contribution in [3.05, 3.63) is 59.9 Å². The van der Waals surface area contributed by atoms with E-state index in [1.165, 1.54) is 6.07 Å².